The molecule has 1 aromatic rings. The molecule has 1 amide bonds. The fourth-order valence-corrected chi connectivity index (χ4v) is 1.99. The Morgan fingerprint density at radius 1 is 1.38 bits per heavy atom. The minimum atomic E-state index is -4.80. The predicted octanol–water partition coefficient (Wildman–Crippen LogP) is -0.00450. The second-order valence-corrected chi connectivity index (χ2v) is 5.34. The fraction of sp³-hybridized carbons (Fsp3) is 0.273. The van der Waals surface area contributed by atoms with Gasteiger partial charge in [-0.2, -0.15) is 0 Å². The molecule has 0 radical (unpaired) electrons. The normalized spacial score (nSPS) is 12.5. The first-order valence-corrected chi connectivity index (χ1v) is 7.18. The Kier molecular flexibility index (Phi) is 5.31. The number of rotatable bonds is 6. The Balaban J connectivity index is 2.90. The number of aliphatic carboxylic acids is 1. The molecule has 0 aliphatic rings. The van der Waals surface area contributed by atoms with E-state index >= 15 is 0 Å². The molecule has 1 atom stereocenters. The SMILES string of the molecule is CC(=O)N[C@@H](Cc1ccc(OP(=O)(O)O)c(O)c1)C(=O)O. The monoisotopic (exact) mass is 319 g/mol. The summed E-state index contributed by atoms with van der Waals surface area (Å²) in [4.78, 5) is 39.1. The van der Waals surface area contributed by atoms with Crippen molar-refractivity contribution >= 4 is 19.7 Å². The zero-order valence-corrected chi connectivity index (χ0v) is 11.8. The highest BCUT2D eigenvalue weighted by atomic mass is 31.2. The van der Waals surface area contributed by atoms with Crippen LogP contribution < -0.4 is 9.84 Å². The molecular formula is C11H14NO8P. The molecule has 0 heterocycles. The zero-order valence-electron chi connectivity index (χ0n) is 10.9. The van der Waals surface area contributed by atoms with E-state index in [1.165, 1.54) is 13.0 Å². The second kappa shape index (κ2) is 6.57. The van der Waals surface area contributed by atoms with Crippen LogP contribution in [0, 0.1) is 0 Å². The van der Waals surface area contributed by atoms with Crippen molar-refractivity contribution in [2.75, 3.05) is 0 Å². The van der Waals surface area contributed by atoms with Gasteiger partial charge in [-0.1, -0.05) is 6.07 Å². The lowest BCUT2D eigenvalue weighted by molar-refractivity contribution is -0.141. The number of phenolic OH excluding ortho intramolecular Hbond substituents is 1. The van der Waals surface area contributed by atoms with Crippen LogP contribution in [0.4, 0.5) is 0 Å². The highest BCUT2D eigenvalue weighted by Crippen LogP contribution is 2.41. The van der Waals surface area contributed by atoms with Crippen molar-refractivity contribution in [3.8, 4) is 11.5 Å². The van der Waals surface area contributed by atoms with Gasteiger partial charge in [0.2, 0.25) is 5.91 Å². The number of aromatic hydroxyl groups is 1. The van der Waals surface area contributed by atoms with Crippen LogP contribution in [0.15, 0.2) is 18.2 Å². The van der Waals surface area contributed by atoms with E-state index in [1.807, 2.05) is 0 Å². The third-order valence-corrected chi connectivity index (χ3v) is 2.79. The van der Waals surface area contributed by atoms with Crippen LogP contribution in [0.3, 0.4) is 0 Å². The van der Waals surface area contributed by atoms with Crippen LogP contribution in [-0.2, 0) is 20.6 Å². The summed E-state index contributed by atoms with van der Waals surface area (Å²) in [5.74, 6) is -2.76. The van der Waals surface area contributed by atoms with Gasteiger partial charge in [0, 0.05) is 13.3 Å². The second-order valence-electron chi connectivity index (χ2n) is 4.18. The zero-order chi connectivity index (χ0) is 16.2. The first kappa shape index (κ1) is 17.0. The molecule has 10 heteroatoms. The van der Waals surface area contributed by atoms with E-state index in [4.69, 9.17) is 14.9 Å². The number of phosphoric acid groups is 1. The quantitative estimate of drug-likeness (QED) is 0.459. The molecule has 0 aliphatic heterocycles. The Morgan fingerprint density at radius 2 is 2.00 bits per heavy atom. The van der Waals surface area contributed by atoms with Crippen molar-refractivity contribution in [3.63, 3.8) is 0 Å². The van der Waals surface area contributed by atoms with Gasteiger partial charge < -0.3 is 20.1 Å². The van der Waals surface area contributed by atoms with E-state index in [9.17, 15) is 19.3 Å². The van der Waals surface area contributed by atoms with Gasteiger partial charge in [0.25, 0.3) is 0 Å². The maximum atomic E-state index is 11.0. The van der Waals surface area contributed by atoms with Gasteiger partial charge >= 0.3 is 13.8 Å². The molecule has 0 unspecified atom stereocenters. The number of hydrogen-bond acceptors (Lipinski definition) is 5. The molecule has 0 aromatic heterocycles. The van der Waals surface area contributed by atoms with Crippen LogP contribution >= 0.6 is 7.82 Å². The first-order chi connectivity index (χ1) is 9.58. The molecule has 0 saturated heterocycles. The largest absolute Gasteiger partial charge is 0.524 e. The van der Waals surface area contributed by atoms with Crippen molar-refractivity contribution in [2.45, 2.75) is 19.4 Å². The lowest BCUT2D eigenvalue weighted by atomic mass is 10.1. The standard InChI is InChI=1S/C11H14NO8P/c1-6(13)12-8(11(15)16)4-7-2-3-10(9(14)5-7)20-21(17,18)19/h2-3,5,8,14H,4H2,1H3,(H,12,13)(H,15,16)(H2,17,18,19)/t8-/m0/s1. The van der Waals surface area contributed by atoms with Crippen LogP contribution in [-0.4, -0.2) is 37.9 Å². The number of hydrogen-bond donors (Lipinski definition) is 5. The van der Waals surface area contributed by atoms with E-state index in [2.05, 4.69) is 9.84 Å². The first-order valence-electron chi connectivity index (χ1n) is 5.65. The van der Waals surface area contributed by atoms with Gasteiger partial charge in [-0.05, 0) is 17.7 Å². The van der Waals surface area contributed by atoms with Gasteiger partial charge in [-0.3, -0.25) is 14.6 Å². The number of benzene rings is 1. The van der Waals surface area contributed by atoms with E-state index in [1.54, 1.807) is 0 Å². The molecule has 9 nitrogen and oxygen atoms in total. The Morgan fingerprint density at radius 3 is 2.43 bits per heavy atom. The number of carboxylic acids is 1. The highest BCUT2D eigenvalue weighted by Gasteiger charge is 2.21. The number of phosphoric ester groups is 1. The maximum Gasteiger partial charge on any atom is 0.524 e. The minimum absolute atomic E-state index is 0.112. The van der Waals surface area contributed by atoms with Crippen molar-refractivity contribution in [3.05, 3.63) is 23.8 Å². The average molecular weight is 319 g/mol. The summed E-state index contributed by atoms with van der Waals surface area (Å²) >= 11 is 0. The summed E-state index contributed by atoms with van der Waals surface area (Å²) in [6.07, 6.45) is -0.112. The Labute approximate surface area is 119 Å². The smallest absolute Gasteiger partial charge is 0.504 e. The number of carbonyl (C=O) groups is 2. The molecule has 5 N–H and O–H groups in total. The van der Waals surface area contributed by atoms with E-state index < -0.39 is 37.2 Å². The van der Waals surface area contributed by atoms with Gasteiger partial charge in [-0.15, -0.1) is 0 Å². The highest BCUT2D eigenvalue weighted by molar-refractivity contribution is 7.46. The number of amides is 1. The molecule has 0 fully saturated rings. The third kappa shape index (κ3) is 5.82. The molecule has 1 rings (SSSR count). The van der Waals surface area contributed by atoms with E-state index in [0.29, 0.717) is 5.56 Å². The average Bonchev–Trinajstić information content (AvgIpc) is 2.29. The summed E-state index contributed by atoms with van der Waals surface area (Å²) in [5, 5.41) is 20.8. The van der Waals surface area contributed by atoms with Crippen LogP contribution in [0.25, 0.3) is 0 Å². The molecule has 0 spiro atoms. The lowest BCUT2D eigenvalue weighted by Crippen LogP contribution is -2.41. The predicted molar refractivity (Wildman–Crippen MR) is 69.7 cm³/mol. The molecule has 0 saturated carbocycles. The van der Waals surface area contributed by atoms with E-state index in [0.717, 1.165) is 12.1 Å². The molecule has 21 heavy (non-hydrogen) atoms. The Hall–Kier alpha value is -2.09. The van der Waals surface area contributed by atoms with Crippen molar-refractivity contribution in [1.82, 2.24) is 5.32 Å². The van der Waals surface area contributed by atoms with Crippen molar-refractivity contribution in [1.29, 1.82) is 0 Å². The Bertz CT molecular complexity index is 596. The summed E-state index contributed by atoms with van der Waals surface area (Å²) < 4.78 is 14.9. The maximum absolute atomic E-state index is 11.0. The third-order valence-electron chi connectivity index (χ3n) is 2.36. The molecule has 1 aromatic carbocycles. The van der Waals surface area contributed by atoms with Crippen LogP contribution in [0.1, 0.15) is 12.5 Å². The summed E-state index contributed by atoms with van der Waals surface area (Å²) in [6, 6.07) is 2.33. The van der Waals surface area contributed by atoms with Crippen LogP contribution in [0.2, 0.25) is 0 Å². The summed E-state index contributed by atoms with van der Waals surface area (Å²) in [5.41, 5.74) is 0.340. The van der Waals surface area contributed by atoms with Crippen LogP contribution in [0.5, 0.6) is 11.5 Å². The number of carbonyl (C=O) groups excluding carboxylic acids is 1. The van der Waals surface area contributed by atoms with Gasteiger partial charge in [0.15, 0.2) is 11.5 Å². The molecular weight excluding hydrogens is 305 g/mol. The number of phenols is 1. The van der Waals surface area contributed by atoms with Crippen molar-refractivity contribution < 1.29 is 38.7 Å². The number of carboxylic acid groups (broad SMARTS) is 1. The van der Waals surface area contributed by atoms with Gasteiger partial charge in [0.05, 0.1) is 0 Å². The van der Waals surface area contributed by atoms with Crippen molar-refractivity contribution in [2.24, 2.45) is 0 Å². The summed E-state index contributed by atoms with van der Waals surface area (Å²) in [6.45, 7) is 1.17. The fourth-order valence-electron chi connectivity index (χ4n) is 1.58. The van der Waals surface area contributed by atoms with Gasteiger partial charge in [-0.25, -0.2) is 9.36 Å². The minimum Gasteiger partial charge on any atom is -0.504 e. The molecule has 0 bridgehead atoms. The lowest BCUT2D eigenvalue weighted by Gasteiger charge is -2.14. The summed E-state index contributed by atoms with van der Waals surface area (Å²) in [7, 11) is -4.80. The molecule has 0 aliphatic carbocycles. The van der Waals surface area contributed by atoms with E-state index in [-0.39, 0.29) is 6.42 Å². The molecule has 116 valence electrons. The number of nitrogens with one attached hydrogen (secondary N) is 1. The van der Waals surface area contributed by atoms with Gasteiger partial charge in [0.1, 0.15) is 6.04 Å². The topological polar surface area (TPSA) is 153 Å².